The highest BCUT2D eigenvalue weighted by molar-refractivity contribution is 6.13. The van der Waals surface area contributed by atoms with Crippen molar-refractivity contribution in [2.24, 2.45) is 0 Å². The lowest BCUT2D eigenvalue weighted by Gasteiger charge is -2.19. The molecule has 2 heterocycles. The number of aromatic nitrogens is 4. The first kappa shape index (κ1) is 35.7. The number of nitrogens with zero attached hydrogens (tertiary/aromatic N) is 5. The fourth-order valence-electron chi connectivity index (χ4n) is 8.16. The molecule has 0 N–H and O–H groups in total. The van der Waals surface area contributed by atoms with Crippen LogP contribution in [0.1, 0.15) is 60.0 Å². The van der Waals surface area contributed by atoms with Gasteiger partial charge in [0.25, 0.3) is 0 Å². The Balaban J connectivity index is 1.08. The highest BCUT2D eigenvalue weighted by Gasteiger charge is 2.22. The number of rotatable bonds is 9. The van der Waals surface area contributed by atoms with Gasteiger partial charge in [0.1, 0.15) is 19.5 Å². The fraction of sp³-hybridized carbons (Fsp3) is 0.118. The van der Waals surface area contributed by atoms with Crippen LogP contribution in [0.2, 0.25) is 0 Å². The molecule has 2 unspecified atom stereocenters. The second-order valence-electron chi connectivity index (χ2n) is 14.8. The largest absolute Gasteiger partial charge is 0.317 e. The zero-order valence-electron chi connectivity index (χ0n) is 32.3. The summed E-state index contributed by atoms with van der Waals surface area (Å²) in [6.45, 7) is 2.10. The van der Waals surface area contributed by atoms with E-state index in [0.717, 1.165) is 92.3 Å². The van der Waals surface area contributed by atoms with E-state index in [4.69, 9.17) is 9.97 Å². The van der Waals surface area contributed by atoms with E-state index >= 15 is 0 Å². The van der Waals surface area contributed by atoms with E-state index in [-0.39, 0.29) is 11.9 Å². The first-order valence-corrected chi connectivity index (χ1v) is 19.8. The molecule has 6 heteroatoms. The van der Waals surface area contributed by atoms with Crippen molar-refractivity contribution in [3.63, 3.8) is 0 Å². The summed E-state index contributed by atoms with van der Waals surface area (Å²) in [4.78, 5) is 10.3. The summed E-state index contributed by atoms with van der Waals surface area (Å²) in [5, 5.41) is 9.51. The summed E-state index contributed by atoms with van der Waals surface area (Å²) >= 11 is 0. The van der Waals surface area contributed by atoms with Crippen molar-refractivity contribution in [1.82, 2.24) is 19.1 Å². The van der Waals surface area contributed by atoms with Gasteiger partial charge in [0.2, 0.25) is 0 Å². The Morgan fingerprint density at radius 1 is 0.807 bits per heavy atom. The first-order valence-electron chi connectivity index (χ1n) is 19.8. The van der Waals surface area contributed by atoms with Crippen LogP contribution < -0.4 is 0 Å². The zero-order valence-corrected chi connectivity index (χ0v) is 32.3. The van der Waals surface area contributed by atoms with Crippen molar-refractivity contribution in [2.45, 2.75) is 38.0 Å². The minimum atomic E-state index is 0.0669. The lowest BCUT2D eigenvalue weighted by molar-refractivity contribution is 0.631. The number of imidazole rings is 2. The van der Waals surface area contributed by atoms with E-state index in [1.165, 1.54) is 5.69 Å². The van der Waals surface area contributed by atoms with Crippen molar-refractivity contribution < 1.29 is 0 Å². The van der Waals surface area contributed by atoms with Gasteiger partial charge in [0, 0.05) is 17.1 Å². The lowest BCUT2D eigenvalue weighted by Crippen LogP contribution is -2.09. The average Bonchev–Trinajstić information content (AvgIpc) is 3.87. The molecular weight excluding hydrogens is 693 g/mol. The van der Waals surface area contributed by atoms with Gasteiger partial charge in [-0.15, -0.1) is 0 Å². The van der Waals surface area contributed by atoms with Crippen LogP contribution in [0.4, 0.5) is 0 Å². The van der Waals surface area contributed by atoms with Crippen molar-refractivity contribution in [1.29, 1.82) is 5.26 Å². The SMILES string of the molecule is BC(/C=C\C(=C/C)c1cc(-c2ccc(C#N)cc2)cc(-c2ccc(-c3nc4ccccc4n3C3C=CC=CC3)cc2)c1)c1nc2c(n1-c1ccccc1)CCC=C2. The van der Waals surface area contributed by atoms with Gasteiger partial charge in [-0.25, -0.2) is 9.97 Å². The van der Waals surface area contributed by atoms with Crippen LogP contribution in [0.15, 0.2) is 170 Å². The molecule has 5 aromatic carbocycles. The maximum Gasteiger partial charge on any atom is 0.141 e. The molecule has 0 fully saturated rings. The van der Waals surface area contributed by atoms with Gasteiger partial charge in [-0.1, -0.05) is 115 Å². The molecule has 0 aliphatic heterocycles. The second kappa shape index (κ2) is 15.6. The quantitative estimate of drug-likeness (QED) is 0.110. The third kappa shape index (κ3) is 7.05. The van der Waals surface area contributed by atoms with Crippen molar-refractivity contribution in [2.75, 3.05) is 0 Å². The van der Waals surface area contributed by atoms with Crippen LogP contribution in [0, 0.1) is 11.3 Å². The van der Waals surface area contributed by atoms with Crippen molar-refractivity contribution >= 4 is 30.5 Å². The maximum absolute atomic E-state index is 9.51. The summed E-state index contributed by atoms with van der Waals surface area (Å²) in [6, 6.07) is 44.9. The number of hydrogen-bond donors (Lipinski definition) is 0. The number of allylic oxidation sites excluding steroid dienone is 9. The van der Waals surface area contributed by atoms with Crippen LogP contribution in [0.3, 0.4) is 0 Å². The Morgan fingerprint density at radius 2 is 1.53 bits per heavy atom. The smallest absolute Gasteiger partial charge is 0.141 e. The molecule has 0 bridgehead atoms. The molecule has 274 valence electrons. The summed E-state index contributed by atoms with van der Waals surface area (Å²) in [7, 11) is 2.23. The zero-order chi connectivity index (χ0) is 38.7. The topological polar surface area (TPSA) is 59.4 Å². The summed E-state index contributed by atoms with van der Waals surface area (Å²) in [5.41, 5.74) is 14.0. The molecule has 0 saturated heterocycles. The monoisotopic (exact) mass is 735 g/mol. The molecular formula is C51H42BN5. The third-order valence-electron chi connectivity index (χ3n) is 11.1. The first-order chi connectivity index (χ1) is 28.1. The highest BCUT2D eigenvalue weighted by atomic mass is 15.1. The molecule has 57 heavy (non-hydrogen) atoms. The minimum Gasteiger partial charge on any atom is -0.317 e. The van der Waals surface area contributed by atoms with Crippen LogP contribution in [-0.2, 0) is 6.42 Å². The van der Waals surface area contributed by atoms with Gasteiger partial charge in [-0.3, -0.25) is 0 Å². The van der Waals surface area contributed by atoms with E-state index in [0.29, 0.717) is 5.56 Å². The summed E-state index contributed by atoms with van der Waals surface area (Å²) < 4.78 is 4.73. The Kier molecular flexibility index (Phi) is 9.81. The Bertz CT molecular complexity index is 2790. The average molecular weight is 736 g/mol. The molecule has 0 amide bonds. The van der Waals surface area contributed by atoms with E-state index in [1.54, 1.807) is 0 Å². The minimum absolute atomic E-state index is 0.0669. The molecule has 2 atom stereocenters. The second-order valence-corrected chi connectivity index (χ2v) is 14.8. The number of para-hydroxylation sites is 3. The Hall–Kier alpha value is -6.97. The molecule has 0 spiro atoms. The van der Waals surface area contributed by atoms with Crippen molar-refractivity contribution in [3.8, 4) is 45.4 Å². The molecule has 0 saturated carbocycles. The molecule has 2 aromatic heterocycles. The van der Waals surface area contributed by atoms with Gasteiger partial charge >= 0.3 is 0 Å². The molecule has 5 nitrogen and oxygen atoms in total. The normalized spacial score (nSPS) is 15.6. The summed E-state index contributed by atoms with van der Waals surface area (Å²) in [6.07, 6.45) is 22.8. The van der Waals surface area contributed by atoms with Crippen LogP contribution in [0.5, 0.6) is 0 Å². The summed E-state index contributed by atoms with van der Waals surface area (Å²) in [5.74, 6) is 2.08. The van der Waals surface area contributed by atoms with Crippen LogP contribution >= 0.6 is 0 Å². The van der Waals surface area contributed by atoms with Crippen LogP contribution in [-0.4, -0.2) is 26.9 Å². The van der Waals surface area contributed by atoms with Crippen molar-refractivity contribution in [3.05, 3.63) is 198 Å². The number of nitriles is 1. The number of hydrogen-bond acceptors (Lipinski definition) is 3. The molecule has 9 rings (SSSR count). The molecule has 2 aliphatic carbocycles. The highest BCUT2D eigenvalue weighted by Crippen LogP contribution is 2.36. The van der Waals surface area contributed by atoms with Gasteiger partial charge in [-0.2, -0.15) is 5.26 Å². The van der Waals surface area contributed by atoms with E-state index < -0.39 is 0 Å². The fourth-order valence-corrected chi connectivity index (χ4v) is 8.16. The molecule has 2 aliphatic rings. The lowest BCUT2D eigenvalue weighted by atomic mass is 9.85. The standard InChI is InChI=1S/C51H42BN5/c1-2-36(29-30-45(52)51-55-47-18-10-12-20-49(47)57(51)44-15-7-4-8-16-44)40-31-41(37-23-21-35(34-53)22-24-37)33-42(32-40)38-25-27-39(28-26-38)50-54-46-17-9-11-19-48(46)56(50)43-13-5-3-6-14-43/h2-11,13,15-19,21-33,43,45H,12,14,20,52H2,1H3/b30-29-,36-2+. The van der Waals surface area contributed by atoms with Crippen LogP contribution in [0.25, 0.3) is 62.0 Å². The molecule has 0 radical (unpaired) electrons. The Morgan fingerprint density at radius 3 is 2.25 bits per heavy atom. The van der Waals surface area contributed by atoms with Gasteiger partial charge in [0.05, 0.1) is 40.1 Å². The predicted molar refractivity (Wildman–Crippen MR) is 238 cm³/mol. The van der Waals surface area contributed by atoms with E-state index in [9.17, 15) is 5.26 Å². The van der Waals surface area contributed by atoms with Gasteiger partial charge < -0.3 is 9.13 Å². The number of fused-ring (bicyclic) bond motifs is 2. The molecule has 7 aromatic rings. The Labute approximate surface area is 335 Å². The predicted octanol–water partition coefficient (Wildman–Crippen LogP) is 11.4. The third-order valence-corrected chi connectivity index (χ3v) is 11.1. The van der Waals surface area contributed by atoms with Gasteiger partial charge in [-0.05, 0) is 120 Å². The van der Waals surface area contributed by atoms with Gasteiger partial charge in [0.15, 0.2) is 0 Å². The van der Waals surface area contributed by atoms with E-state index in [1.807, 2.05) is 24.3 Å². The number of benzene rings is 5. The maximum atomic E-state index is 9.51. The van der Waals surface area contributed by atoms with E-state index in [2.05, 4.69) is 182 Å².